The molecule has 0 fully saturated rings. The van der Waals surface area contributed by atoms with Crippen molar-refractivity contribution in [3.05, 3.63) is 72.1 Å². The molecule has 0 atom stereocenters. The maximum atomic E-state index is 12.3. The van der Waals surface area contributed by atoms with Crippen molar-refractivity contribution in [1.29, 1.82) is 0 Å². The number of amides is 2. The Bertz CT molecular complexity index is 998. The number of carbonyl (C=O) groups excluding carboxylic acids is 2. The van der Waals surface area contributed by atoms with E-state index in [1.807, 2.05) is 54.1 Å². The second kappa shape index (κ2) is 10.6. The van der Waals surface area contributed by atoms with Crippen LogP contribution >= 0.6 is 11.8 Å². The number of thioether (sulfide) groups is 1. The molecule has 0 bridgehead atoms. The standard InChI is InChI=1S/C23H26N4O2S/c1-3-4-12-24-22(29)18-8-10-20(11-9-18)27-14-13-25-23(27)30-16-21(28)26-19-7-5-6-17(2)15-19/h5-11,13-15H,3-4,12,16H2,1-2H3,(H,24,29)(H,26,28). The van der Waals surface area contributed by atoms with E-state index in [-0.39, 0.29) is 17.6 Å². The first-order valence-electron chi connectivity index (χ1n) is 9.98. The van der Waals surface area contributed by atoms with Crippen molar-refractivity contribution >= 4 is 29.3 Å². The van der Waals surface area contributed by atoms with E-state index >= 15 is 0 Å². The van der Waals surface area contributed by atoms with Crippen LogP contribution in [0.15, 0.2) is 66.1 Å². The Balaban J connectivity index is 1.59. The molecule has 1 aromatic heterocycles. The topological polar surface area (TPSA) is 76.0 Å². The highest BCUT2D eigenvalue weighted by Gasteiger charge is 2.11. The number of carbonyl (C=O) groups is 2. The molecule has 2 aromatic carbocycles. The van der Waals surface area contributed by atoms with E-state index < -0.39 is 0 Å². The molecule has 30 heavy (non-hydrogen) atoms. The lowest BCUT2D eigenvalue weighted by Gasteiger charge is -2.09. The maximum absolute atomic E-state index is 12.3. The van der Waals surface area contributed by atoms with Crippen molar-refractivity contribution in [3.8, 4) is 5.69 Å². The van der Waals surface area contributed by atoms with Crippen molar-refractivity contribution in [2.75, 3.05) is 17.6 Å². The zero-order valence-electron chi connectivity index (χ0n) is 17.2. The quantitative estimate of drug-likeness (QED) is 0.395. The molecule has 2 N–H and O–H groups in total. The summed E-state index contributed by atoms with van der Waals surface area (Å²) in [7, 11) is 0. The van der Waals surface area contributed by atoms with Crippen LogP contribution in [0, 0.1) is 6.92 Å². The fourth-order valence-corrected chi connectivity index (χ4v) is 3.67. The fourth-order valence-electron chi connectivity index (χ4n) is 2.90. The number of imidazole rings is 1. The minimum absolute atomic E-state index is 0.0666. The van der Waals surface area contributed by atoms with Crippen LogP contribution in [-0.4, -0.2) is 33.7 Å². The Morgan fingerprint density at radius 2 is 1.93 bits per heavy atom. The number of rotatable bonds is 9. The largest absolute Gasteiger partial charge is 0.352 e. The van der Waals surface area contributed by atoms with Crippen LogP contribution in [0.4, 0.5) is 5.69 Å². The zero-order chi connectivity index (χ0) is 21.3. The van der Waals surface area contributed by atoms with E-state index in [4.69, 9.17) is 0 Å². The number of hydrogen-bond acceptors (Lipinski definition) is 4. The van der Waals surface area contributed by atoms with Crippen LogP contribution in [0.5, 0.6) is 0 Å². The van der Waals surface area contributed by atoms with Crippen molar-refractivity contribution in [3.63, 3.8) is 0 Å². The van der Waals surface area contributed by atoms with Crippen LogP contribution in [0.1, 0.15) is 35.7 Å². The minimum atomic E-state index is -0.0840. The van der Waals surface area contributed by atoms with Crippen LogP contribution in [0.25, 0.3) is 5.69 Å². The van der Waals surface area contributed by atoms with E-state index in [9.17, 15) is 9.59 Å². The van der Waals surface area contributed by atoms with E-state index in [1.54, 1.807) is 18.3 Å². The molecule has 0 radical (unpaired) electrons. The van der Waals surface area contributed by atoms with Gasteiger partial charge in [-0.15, -0.1) is 0 Å². The molecule has 0 aliphatic carbocycles. The summed E-state index contributed by atoms with van der Waals surface area (Å²) in [6, 6.07) is 15.1. The normalized spacial score (nSPS) is 10.6. The SMILES string of the molecule is CCCCNC(=O)c1ccc(-n2ccnc2SCC(=O)Nc2cccc(C)c2)cc1. The molecule has 0 spiro atoms. The Hall–Kier alpha value is -3.06. The third kappa shape index (κ3) is 5.97. The fraction of sp³-hybridized carbons (Fsp3) is 0.261. The van der Waals surface area contributed by atoms with Crippen molar-refractivity contribution in [1.82, 2.24) is 14.9 Å². The summed E-state index contributed by atoms with van der Waals surface area (Å²) in [6.45, 7) is 4.76. The third-order valence-corrected chi connectivity index (χ3v) is 5.43. The first-order valence-corrected chi connectivity index (χ1v) is 11.0. The Morgan fingerprint density at radius 1 is 1.13 bits per heavy atom. The highest BCUT2D eigenvalue weighted by atomic mass is 32.2. The molecule has 156 valence electrons. The van der Waals surface area contributed by atoms with E-state index in [1.165, 1.54) is 11.8 Å². The molecular formula is C23H26N4O2S. The molecule has 7 heteroatoms. The summed E-state index contributed by atoms with van der Waals surface area (Å²) < 4.78 is 1.91. The molecule has 1 heterocycles. The number of aryl methyl sites for hydroxylation is 1. The molecule has 2 amide bonds. The average Bonchev–Trinajstić information content (AvgIpc) is 3.21. The number of hydrogen-bond donors (Lipinski definition) is 2. The predicted octanol–water partition coefficient (Wildman–Crippen LogP) is 4.44. The molecule has 0 aliphatic rings. The number of nitrogens with one attached hydrogen (secondary N) is 2. The van der Waals surface area contributed by atoms with Crippen molar-refractivity contribution < 1.29 is 9.59 Å². The van der Waals surface area contributed by atoms with Crippen LogP contribution < -0.4 is 10.6 Å². The minimum Gasteiger partial charge on any atom is -0.352 e. The predicted molar refractivity (Wildman–Crippen MR) is 121 cm³/mol. The molecule has 3 rings (SSSR count). The highest BCUT2D eigenvalue weighted by molar-refractivity contribution is 7.99. The average molecular weight is 423 g/mol. The number of anilines is 1. The van der Waals surface area contributed by atoms with E-state index in [2.05, 4.69) is 22.5 Å². The summed E-state index contributed by atoms with van der Waals surface area (Å²) in [5.41, 5.74) is 3.40. The molecule has 3 aromatic rings. The van der Waals surface area contributed by atoms with E-state index in [0.717, 1.165) is 34.9 Å². The van der Waals surface area contributed by atoms with Gasteiger partial charge in [0.1, 0.15) is 0 Å². The lowest BCUT2D eigenvalue weighted by atomic mass is 10.2. The van der Waals surface area contributed by atoms with Crippen molar-refractivity contribution in [2.24, 2.45) is 0 Å². The Kier molecular flexibility index (Phi) is 7.68. The second-order valence-corrected chi connectivity index (χ2v) is 7.88. The zero-order valence-corrected chi connectivity index (χ0v) is 18.0. The molecule has 0 saturated heterocycles. The number of nitrogens with zero attached hydrogens (tertiary/aromatic N) is 2. The number of aromatic nitrogens is 2. The lowest BCUT2D eigenvalue weighted by Crippen LogP contribution is -2.24. The van der Waals surface area contributed by atoms with Gasteiger partial charge in [0, 0.05) is 35.9 Å². The lowest BCUT2D eigenvalue weighted by molar-refractivity contribution is -0.113. The van der Waals surface area contributed by atoms with Crippen LogP contribution in [-0.2, 0) is 4.79 Å². The first kappa shape index (κ1) is 21.6. The van der Waals surface area contributed by atoms with Gasteiger partial charge in [-0.25, -0.2) is 4.98 Å². The van der Waals surface area contributed by atoms with Gasteiger partial charge in [-0.05, 0) is 55.3 Å². The molecule has 0 unspecified atom stereocenters. The van der Waals surface area contributed by atoms with Crippen LogP contribution in [0.3, 0.4) is 0 Å². The van der Waals surface area contributed by atoms with Gasteiger partial charge in [0.15, 0.2) is 5.16 Å². The smallest absolute Gasteiger partial charge is 0.251 e. The van der Waals surface area contributed by atoms with Gasteiger partial charge in [0.2, 0.25) is 5.91 Å². The van der Waals surface area contributed by atoms with Gasteiger partial charge in [-0.1, -0.05) is 37.2 Å². The molecule has 0 saturated carbocycles. The summed E-state index contributed by atoms with van der Waals surface area (Å²) in [5, 5.41) is 6.54. The van der Waals surface area contributed by atoms with E-state index in [0.29, 0.717) is 12.1 Å². The summed E-state index contributed by atoms with van der Waals surface area (Å²) in [5.74, 6) is 0.102. The first-order chi connectivity index (χ1) is 14.6. The van der Waals surface area contributed by atoms with Gasteiger partial charge in [0.05, 0.1) is 5.75 Å². The van der Waals surface area contributed by atoms with Gasteiger partial charge in [0.25, 0.3) is 5.91 Å². The van der Waals surface area contributed by atoms with Gasteiger partial charge < -0.3 is 10.6 Å². The van der Waals surface area contributed by atoms with Gasteiger partial charge in [-0.3, -0.25) is 14.2 Å². The Morgan fingerprint density at radius 3 is 2.67 bits per heavy atom. The molecule has 6 nitrogen and oxygen atoms in total. The second-order valence-electron chi connectivity index (χ2n) is 6.94. The van der Waals surface area contributed by atoms with Gasteiger partial charge >= 0.3 is 0 Å². The highest BCUT2D eigenvalue weighted by Crippen LogP contribution is 2.21. The summed E-state index contributed by atoms with van der Waals surface area (Å²) >= 11 is 1.36. The monoisotopic (exact) mass is 422 g/mol. The summed E-state index contributed by atoms with van der Waals surface area (Å²) in [4.78, 5) is 28.8. The van der Waals surface area contributed by atoms with Crippen molar-refractivity contribution in [2.45, 2.75) is 31.8 Å². The maximum Gasteiger partial charge on any atom is 0.251 e. The van der Waals surface area contributed by atoms with Crippen LogP contribution in [0.2, 0.25) is 0 Å². The number of benzene rings is 2. The molecule has 0 aliphatic heterocycles. The van der Waals surface area contributed by atoms with Gasteiger partial charge in [-0.2, -0.15) is 0 Å². The Labute approximate surface area is 181 Å². The summed E-state index contributed by atoms with van der Waals surface area (Å²) in [6.07, 6.45) is 5.56. The number of unbranched alkanes of at least 4 members (excludes halogenated alkanes) is 1. The third-order valence-electron chi connectivity index (χ3n) is 4.46. The molecular weight excluding hydrogens is 396 g/mol.